The van der Waals surface area contributed by atoms with Crippen LogP contribution in [0.4, 0.5) is 5.69 Å². The van der Waals surface area contributed by atoms with Crippen molar-refractivity contribution in [3.63, 3.8) is 0 Å². The van der Waals surface area contributed by atoms with Gasteiger partial charge in [0.15, 0.2) is 0 Å². The Morgan fingerprint density at radius 1 is 0.828 bits per heavy atom. The third kappa shape index (κ3) is 1.94. The van der Waals surface area contributed by atoms with Gasteiger partial charge in [0.2, 0.25) is 11.8 Å². The van der Waals surface area contributed by atoms with Gasteiger partial charge in [-0.15, -0.1) is 0 Å². The van der Waals surface area contributed by atoms with Crippen LogP contribution in [-0.4, -0.2) is 16.9 Å². The lowest BCUT2D eigenvalue weighted by molar-refractivity contribution is -0.122. The number of phenolic OH excluding ortho intramolecular Hbond substituents is 1. The zero-order chi connectivity index (χ0) is 19.9. The maximum absolute atomic E-state index is 13.7. The van der Waals surface area contributed by atoms with Crippen molar-refractivity contribution in [2.45, 2.75) is 10.2 Å². The molecule has 3 aromatic carbocycles. The van der Waals surface area contributed by atoms with Crippen LogP contribution in [0.15, 0.2) is 72.8 Å². The van der Waals surface area contributed by atoms with E-state index in [0.29, 0.717) is 5.69 Å². The van der Waals surface area contributed by atoms with Crippen LogP contribution in [-0.2, 0) is 13.9 Å². The first-order valence-electron chi connectivity index (χ1n) is 9.58. The van der Waals surface area contributed by atoms with E-state index in [2.05, 4.69) is 40.2 Å². The molecule has 1 fully saturated rings. The Kier molecular flexibility index (Phi) is 3.26. The van der Waals surface area contributed by atoms with E-state index in [9.17, 15) is 14.7 Å². The fourth-order valence-corrected chi connectivity index (χ4v) is 6.77. The molecule has 2 atom stereocenters. The van der Waals surface area contributed by atoms with Crippen LogP contribution in [0, 0.1) is 11.8 Å². The minimum absolute atomic E-state index is 0.0288. The molecule has 0 spiro atoms. The lowest BCUT2D eigenvalue weighted by Crippen LogP contribution is -2.50. The van der Waals surface area contributed by atoms with Crippen LogP contribution < -0.4 is 4.90 Å². The molecule has 0 aromatic heterocycles. The highest BCUT2D eigenvalue weighted by Gasteiger charge is 2.67. The Morgan fingerprint density at radius 2 is 1.45 bits per heavy atom. The van der Waals surface area contributed by atoms with E-state index in [1.165, 1.54) is 17.0 Å². The average Bonchev–Trinajstić information content (AvgIpc) is 3.00. The van der Waals surface area contributed by atoms with Gasteiger partial charge in [0, 0.05) is 12.0 Å². The fourth-order valence-electron chi connectivity index (χ4n) is 5.57. The molecular formula is C24H16BrNO3. The molecule has 4 aliphatic rings. The molecule has 1 N–H and O–H groups in total. The van der Waals surface area contributed by atoms with Crippen molar-refractivity contribution < 1.29 is 14.7 Å². The van der Waals surface area contributed by atoms with Gasteiger partial charge in [-0.3, -0.25) is 9.59 Å². The minimum Gasteiger partial charge on any atom is -0.508 e. The number of hydrogen-bond donors (Lipinski definition) is 1. The number of halogens is 1. The van der Waals surface area contributed by atoms with Gasteiger partial charge < -0.3 is 5.11 Å². The Morgan fingerprint density at radius 3 is 2.07 bits per heavy atom. The maximum Gasteiger partial charge on any atom is 0.239 e. The highest BCUT2D eigenvalue weighted by molar-refractivity contribution is 9.09. The number of imide groups is 1. The molecule has 7 rings (SSSR count). The largest absolute Gasteiger partial charge is 0.508 e. The Labute approximate surface area is 175 Å². The third-order valence-corrected chi connectivity index (χ3v) is 7.95. The summed E-state index contributed by atoms with van der Waals surface area (Å²) < 4.78 is -0.752. The number of carbonyl (C=O) groups excluding carboxylic acids is 2. The van der Waals surface area contributed by atoms with Gasteiger partial charge in [0.1, 0.15) is 5.75 Å². The average molecular weight is 446 g/mol. The van der Waals surface area contributed by atoms with Crippen LogP contribution in [0.5, 0.6) is 5.75 Å². The lowest BCUT2D eigenvalue weighted by atomic mass is 9.55. The number of carbonyl (C=O) groups is 2. The lowest BCUT2D eigenvalue weighted by Gasteiger charge is -2.51. The summed E-state index contributed by atoms with van der Waals surface area (Å²) in [5.74, 6) is -1.58. The fraction of sp³-hybridized carbons (Fsp3) is 0.167. The number of hydrogen-bond acceptors (Lipinski definition) is 3. The van der Waals surface area contributed by atoms with Gasteiger partial charge in [0.05, 0.1) is 21.8 Å². The molecule has 2 amide bonds. The third-order valence-electron chi connectivity index (χ3n) is 6.60. The van der Waals surface area contributed by atoms with Crippen molar-refractivity contribution in [1.29, 1.82) is 0 Å². The Balaban J connectivity index is 1.63. The SMILES string of the molecule is O=C1[C@@H]2[C@@H](C(=O)N1c1cccc(O)c1)C1c3ccccc3C2(Br)c2ccccc21. The van der Waals surface area contributed by atoms with Gasteiger partial charge in [-0.25, -0.2) is 4.90 Å². The number of aromatic hydroxyl groups is 1. The van der Waals surface area contributed by atoms with Gasteiger partial charge in [-0.1, -0.05) is 70.5 Å². The normalized spacial score (nSPS) is 28.9. The molecule has 0 radical (unpaired) electrons. The molecule has 1 saturated heterocycles. The van der Waals surface area contributed by atoms with Gasteiger partial charge >= 0.3 is 0 Å². The minimum atomic E-state index is -0.752. The molecule has 0 unspecified atom stereocenters. The maximum atomic E-state index is 13.7. The predicted molar refractivity (Wildman–Crippen MR) is 112 cm³/mol. The molecule has 3 aromatic rings. The van der Waals surface area contributed by atoms with Crippen molar-refractivity contribution >= 4 is 33.4 Å². The summed E-state index contributed by atoms with van der Waals surface area (Å²) in [5.41, 5.74) is 4.73. The smallest absolute Gasteiger partial charge is 0.239 e. The van der Waals surface area contributed by atoms with Crippen molar-refractivity contribution in [3.05, 3.63) is 95.1 Å². The van der Waals surface area contributed by atoms with Gasteiger partial charge in [-0.05, 0) is 34.4 Å². The summed E-state index contributed by atoms with van der Waals surface area (Å²) in [5, 5.41) is 9.90. The number of phenols is 1. The molecule has 5 heteroatoms. The van der Waals surface area contributed by atoms with Crippen LogP contribution in [0.2, 0.25) is 0 Å². The highest BCUT2D eigenvalue weighted by Crippen LogP contribution is 2.66. The molecule has 4 nitrogen and oxygen atoms in total. The number of alkyl halides is 1. The monoisotopic (exact) mass is 445 g/mol. The summed E-state index contributed by atoms with van der Waals surface area (Å²) >= 11 is 3.97. The second-order valence-electron chi connectivity index (χ2n) is 7.90. The van der Waals surface area contributed by atoms with Crippen LogP contribution in [0.1, 0.15) is 28.2 Å². The van der Waals surface area contributed by atoms with Crippen molar-refractivity contribution in [3.8, 4) is 5.75 Å². The quantitative estimate of drug-likeness (QED) is 0.448. The topological polar surface area (TPSA) is 57.6 Å². The molecule has 0 saturated carbocycles. The van der Waals surface area contributed by atoms with Gasteiger partial charge in [-0.2, -0.15) is 0 Å². The van der Waals surface area contributed by atoms with Crippen LogP contribution in [0.3, 0.4) is 0 Å². The van der Waals surface area contributed by atoms with E-state index in [4.69, 9.17) is 0 Å². The molecule has 1 heterocycles. The first kappa shape index (κ1) is 17.0. The number of benzene rings is 3. The zero-order valence-corrected chi connectivity index (χ0v) is 16.8. The standard InChI is InChI=1S/C24H16BrNO3/c25-24-17-10-3-1-8-15(17)19(16-9-2-4-11-18(16)24)20-21(24)23(29)26(22(20)28)13-6-5-7-14(27)12-13/h1-12,19-21,27H/t19?,20-,21-,24?/m0/s1. The molecular weight excluding hydrogens is 430 g/mol. The van der Waals surface area contributed by atoms with Gasteiger partial charge in [0.25, 0.3) is 0 Å². The summed E-state index contributed by atoms with van der Waals surface area (Å²) in [6.07, 6.45) is 0. The molecule has 3 aliphatic carbocycles. The molecule has 142 valence electrons. The summed E-state index contributed by atoms with van der Waals surface area (Å²) in [7, 11) is 0. The van der Waals surface area contributed by atoms with E-state index in [1.807, 2.05) is 24.3 Å². The van der Waals surface area contributed by atoms with Crippen molar-refractivity contribution in [2.24, 2.45) is 11.8 Å². The predicted octanol–water partition coefficient (Wildman–Crippen LogP) is 4.30. The summed E-state index contributed by atoms with van der Waals surface area (Å²) in [4.78, 5) is 28.5. The number of nitrogens with zero attached hydrogens (tertiary/aromatic N) is 1. The molecule has 29 heavy (non-hydrogen) atoms. The molecule has 1 aliphatic heterocycles. The second kappa shape index (κ2) is 5.57. The Bertz CT molecular complexity index is 1170. The summed E-state index contributed by atoms with van der Waals surface area (Å²) in [6, 6.07) is 22.5. The summed E-state index contributed by atoms with van der Waals surface area (Å²) in [6.45, 7) is 0. The van der Waals surface area contributed by atoms with E-state index < -0.39 is 16.2 Å². The highest BCUT2D eigenvalue weighted by atomic mass is 79.9. The first-order valence-corrected chi connectivity index (χ1v) is 10.4. The zero-order valence-electron chi connectivity index (χ0n) is 15.2. The van der Waals surface area contributed by atoms with Crippen molar-refractivity contribution in [2.75, 3.05) is 4.90 Å². The van der Waals surface area contributed by atoms with Crippen molar-refractivity contribution in [1.82, 2.24) is 0 Å². The number of amides is 2. The number of rotatable bonds is 1. The first-order chi connectivity index (χ1) is 14.0. The van der Waals surface area contributed by atoms with E-state index >= 15 is 0 Å². The van der Waals surface area contributed by atoms with Crippen LogP contribution >= 0.6 is 15.9 Å². The second-order valence-corrected chi connectivity index (χ2v) is 9.15. The Hall–Kier alpha value is -2.92. The molecule has 2 bridgehead atoms. The number of anilines is 1. The van der Waals surface area contributed by atoms with Crippen LogP contribution in [0.25, 0.3) is 0 Å². The van der Waals surface area contributed by atoms with E-state index in [-0.39, 0.29) is 23.5 Å². The van der Waals surface area contributed by atoms with E-state index in [1.54, 1.807) is 12.1 Å². The van der Waals surface area contributed by atoms with E-state index in [0.717, 1.165) is 22.3 Å².